The fraction of sp³-hybridized carbons (Fsp3) is 0.136. The smallest absolute Gasteiger partial charge is 0.322 e. The van der Waals surface area contributed by atoms with Crippen LogP contribution in [-0.4, -0.2) is 27.6 Å². The molecule has 3 aromatic rings. The monoisotopic (exact) mass is 440 g/mol. The molecule has 1 aliphatic heterocycles. The second-order valence-corrected chi connectivity index (χ2v) is 7.64. The van der Waals surface area contributed by atoms with E-state index in [0.717, 1.165) is 11.1 Å². The van der Waals surface area contributed by atoms with Crippen LogP contribution in [0.2, 0.25) is 10.0 Å². The molecule has 0 radical (unpaired) electrons. The molecule has 0 spiro atoms. The highest BCUT2D eigenvalue weighted by atomic mass is 35.5. The highest BCUT2D eigenvalue weighted by molar-refractivity contribution is 6.31. The number of benzene rings is 2. The minimum atomic E-state index is -0.469. The highest BCUT2D eigenvalue weighted by Gasteiger charge is 2.35. The molecule has 1 unspecified atom stereocenters. The Kier molecular flexibility index (Phi) is 5.61. The molecular weight excluding hydrogens is 423 g/mol. The summed E-state index contributed by atoms with van der Waals surface area (Å²) >= 11 is 12.1. The number of urea groups is 1. The van der Waals surface area contributed by atoms with Crippen molar-refractivity contribution in [2.24, 2.45) is 0 Å². The van der Waals surface area contributed by atoms with Crippen LogP contribution < -0.4 is 5.32 Å². The van der Waals surface area contributed by atoms with Crippen LogP contribution >= 0.6 is 23.2 Å². The molecule has 2 amide bonds. The van der Waals surface area contributed by atoms with E-state index in [2.05, 4.69) is 22.0 Å². The number of carbonyl (C=O) groups excluding carboxylic acids is 1. The van der Waals surface area contributed by atoms with E-state index in [-0.39, 0.29) is 6.03 Å². The second kappa shape index (κ2) is 8.34. The minimum absolute atomic E-state index is 0.231. The van der Waals surface area contributed by atoms with Gasteiger partial charge in [-0.25, -0.2) is 4.79 Å². The van der Waals surface area contributed by atoms with Gasteiger partial charge >= 0.3 is 6.03 Å². The van der Waals surface area contributed by atoms with Crippen molar-refractivity contribution in [1.82, 2.24) is 20.4 Å². The molecule has 0 aliphatic carbocycles. The van der Waals surface area contributed by atoms with Crippen molar-refractivity contribution in [2.75, 3.05) is 6.54 Å². The highest BCUT2D eigenvalue weighted by Crippen LogP contribution is 2.37. The molecule has 0 fully saturated rings. The van der Waals surface area contributed by atoms with E-state index in [4.69, 9.17) is 27.7 Å². The Bertz CT molecular complexity index is 1140. The number of hydrogen-bond acceptors (Lipinski definition) is 4. The zero-order valence-corrected chi connectivity index (χ0v) is 17.6. The topological polar surface area (TPSA) is 71.3 Å². The second-order valence-electron chi connectivity index (χ2n) is 6.77. The van der Waals surface area contributed by atoms with Gasteiger partial charge in [-0.3, -0.25) is 4.90 Å². The van der Waals surface area contributed by atoms with Crippen LogP contribution in [0.15, 0.2) is 71.4 Å². The van der Waals surface area contributed by atoms with Gasteiger partial charge in [-0.1, -0.05) is 58.7 Å². The zero-order chi connectivity index (χ0) is 21.3. The van der Waals surface area contributed by atoms with E-state index in [0.29, 0.717) is 39.6 Å². The Balaban J connectivity index is 1.82. The molecule has 1 atom stereocenters. The van der Waals surface area contributed by atoms with Crippen molar-refractivity contribution in [1.29, 1.82) is 0 Å². The first-order chi connectivity index (χ1) is 14.5. The van der Waals surface area contributed by atoms with Gasteiger partial charge in [0.15, 0.2) is 0 Å². The molecule has 6 nitrogen and oxygen atoms in total. The van der Waals surface area contributed by atoms with Crippen LogP contribution in [0.25, 0.3) is 17.0 Å². The molecule has 2 aromatic carbocycles. The Labute approximate surface area is 183 Å². The number of aromatic nitrogens is 2. The largest absolute Gasteiger partial charge is 0.334 e. The normalized spacial score (nSPS) is 16.6. The third kappa shape index (κ3) is 3.84. The van der Waals surface area contributed by atoms with Gasteiger partial charge in [0.05, 0.1) is 11.6 Å². The van der Waals surface area contributed by atoms with Crippen LogP contribution in [0.1, 0.15) is 24.4 Å². The molecule has 1 aliphatic rings. The molecule has 8 heteroatoms. The Morgan fingerprint density at radius 3 is 2.67 bits per heavy atom. The van der Waals surface area contributed by atoms with Crippen molar-refractivity contribution >= 4 is 34.8 Å². The van der Waals surface area contributed by atoms with Gasteiger partial charge in [0.25, 0.3) is 5.89 Å². The number of rotatable bonds is 5. The lowest BCUT2D eigenvalue weighted by atomic mass is 9.94. The van der Waals surface area contributed by atoms with Crippen molar-refractivity contribution in [3.63, 3.8) is 0 Å². The molecule has 4 rings (SSSR count). The van der Waals surface area contributed by atoms with Crippen molar-refractivity contribution in [2.45, 2.75) is 13.0 Å². The number of hydrogen-bond donors (Lipinski definition) is 1. The molecule has 0 saturated heterocycles. The Morgan fingerprint density at radius 1 is 1.20 bits per heavy atom. The fourth-order valence-electron chi connectivity index (χ4n) is 3.39. The minimum Gasteiger partial charge on any atom is -0.334 e. The van der Waals surface area contributed by atoms with Crippen LogP contribution in [0.3, 0.4) is 0 Å². The number of amides is 2. The standard InChI is InChI=1S/C22H18Cl2N4O2/c1-3-11-28-13(2)18(19(25-22(28)29)14-7-9-16(23)10-8-14)21-26-20(27-30-21)15-5-4-6-17(24)12-15/h3-10,12,19H,1,11H2,2H3,(H,25,29). The fourth-order valence-corrected chi connectivity index (χ4v) is 3.71. The van der Waals surface area contributed by atoms with Crippen LogP contribution in [-0.2, 0) is 0 Å². The Morgan fingerprint density at radius 2 is 1.97 bits per heavy atom. The maximum Gasteiger partial charge on any atom is 0.322 e. The number of allylic oxidation sites excluding steroid dienone is 1. The van der Waals surface area contributed by atoms with Crippen LogP contribution in [0.5, 0.6) is 0 Å². The van der Waals surface area contributed by atoms with Crippen LogP contribution in [0.4, 0.5) is 4.79 Å². The first-order valence-corrected chi connectivity index (χ1v) is 9.98. The third-order valence-corrected chi connectivity index (χ3v) is 5.34. The molecule has 0 bridgehead atoms. The van der Waals surface area contributed by atoms with Gasteiger partial charge in [0.2, 0.25) is 5.82 Å². The first-order valence-electron chi connectivity index (χ1n) is 9.23. The quantitative estimate of drug-likeness (QED) is 0.514. The summed E-state index contributed by atoms with van der Waals surface area (Å²) in [7, 11) is 0. The summed E-state index contributed by atoms with van der Waals surface area (Å²) < 4.78 is 5.61. The van der Waals surface area contributed by atoms with Gasteiger partial charge in [-0.15, -0.1) is 6.58 Å². The Hall–Kier alpha value is -3.09. The summed E-state index contributed by atoms with van der Waals surface area (Å²) in [4.78, 5) is 18.9. The molecule has 152 valence electrons. The molecule has 2 heterocycles. The average molecular weight is 441 g/mol. The van der Waals surface area contributed by atoms with Gasteiger partial charge in [0.1, 0.15) is 0 Å². The maximum absolute atomic E-state index is 12.7. The summed E-state index contributed by atoms with van der Waals surface area (Å²) in [6, 6.07) is 13.8. The molecule has 30 heavy (non-hydrogen) atoms. The SMILES string of the molecule is C=CCN1C(=O)NC(c2ccc(Cl)cc2)C(c2nc(-c3cccc(Cl)c3)no2)=C1C. The van der Waals surface area contributed by atoms with E-state index in [9.17, 15) is 4.79 Å². The van der Waals surface area contributed by atoms with Gasteiger partial charge in [0, 0.05) is 27.9 Å². The van der Waals surface area contributed by atoms with E-state index in [1.54, 1.807) is 35.2 Å². The number of nitrogens with one attached hydrogen (secondary N) is 1. The predicted molar refractivity (Wildman–Crippen MR) is 117 cm³/mol. The molecule has 1 N–H and O–H groups in total. The van der Waals surface area contributed by atoms with E-state index < -0.39 is 6.04 Å². The van der Waals surface area contributed by atoms with Crippen molar-refractivity contribution in [3.8, 4) is 11.4 Å². The van der Waals surface area contributed by atoms with Crippen LogP contribution in [0, 0.1) is 0 Å². The lowest BCUT2D eigenvalue weighted by molar-refractivity contribution is 0.209. The summed E-state index contributed by atoms with van der Waals surface area (Å²) in [5.74, 6) is 0.728. The van der Waals surface area contributed by atoms with Gasteiger partial charge in [-0.2, -0.15) is 4.98 Å². The maximum atomic E-state index is 12.7. The number of carbonyl (C=O) groups is 1. The number of halogens is 2. The third-order valence-electron chi connectivity index (χ3n) is 4.85. The molecule has 1 aromatic heterocycles. The molecule has 0 saturated carbocycles. The van der Waals surface area contributed by atoms with E-state index in [1.165, 1.54) is 0 Å². The summed E-state index contributed by atoms with van der Waals surface area (Å²) in [5.41, 5.74) is 3.00. The average Bonchev–Trinajstić information content (AvgIpc) is 3.21. The van der Waals surface area contributed by atoms with Gasteiger partial charge in [-0.05, 0) is 36.8 Å². The lowest BCUT2D eigenvalue weighted by Crippen LogP contribution is -2.46. The van der Waals surface area contributed by atoms with E-state index >= 15 is 0 Å². The van der Waals surface area contributed by atoms with Gasteiger partial charge < -0.3 is 9.84 Å². The van der Waals surface area contributed by atoms with Crippen molar-refractivity contribution in [3.05, 3.63) is 88.4 Å². The predicted octanol–water partition coefficient (Wildman–Crippen LogP) is 5.73. The summed E-state index contributed by atoms with van der Waals surface area (Å²) in [5, 5.41) is 8.32. The summed E-state index contributed by atoms with van der Waals surface area (Å²) in [6.45, 7) is 5.94. The lowest BCUT2D eigenvalue weighted by Gasteiger charge is -2.34. The number of nitrogens with zero attached hydrogens (tertiary/aromatic N) is 3. The summed E-state index contributed by atoms with van der Waals surface area (Å²) in [6.07, 6.45) is 1.66. The molecular formula is C22H18Cl2N4O2. The van der Waals surface area contributed by atoms with E-state index in [1.807, 2.05) is 31.2 Å². The first kappa shape index (κ1) is 20.2. The zero-order valence-electron chi connectivity index (χ0n) is 16.1. The van der Waals surface area contributed by atoms with Crippen molar-refractivity contribution < 1.29 is 9.32 Å².